The van der Waals surface area contributed by atoms with E-state index < -0.39 is 0 Å². The van der Waals surface area contributed by atoms with Gasteiger partial charge in [0.25, 0.3) is 5.91 Å². The maximum absolute atomic E-state index is 11.9. The van der Waals surface area contributed by atoms with Gasteiger partial charge in [0.1, 0.15) is 5.76 Å². The van der Waals surface area contributed by atoms with Crippen molar-refractivity contribution in [3.63, 3.8) is 0 Å². The number of carbonyl (C=O) groups is 1. The Morgan fingerprint density at radius 3 is 2.50 bits per heavy atom. The van der Waals surface area contributed by atoms with E-state index in [-0.39, 0.29) is 5.91 Å². The first kappa shape index (κ1) is 12.4. The number of benzene rings is 1. The number of rotatable bonds is 4. The molecule has 0 atom stereocenters. The van der Waals surface area contributed by atoms with E-state index in [1.165, 1.54) is 0 Å². The average molecular weight is 244 g/mol. The van der Waals surface area contributed by atoms with E-state index in [0.717, 1.165) is 23.4 Å². The lowest BCUT2D eigenvalue weighted by atomic mass is 10.2. The van der Waals surface area contributed by atoms with Gasteiger partial charge in [-0.3, -0.25) is 4.79 Å². The second kappa shape index (κ2) is 5.51. The third-order valence-electron chi connectivity index (χ3n) is 2.68. The topological polar surface area (TPSA) is 68.3 Å². The maximum Gasteiger partial charge on any atom is 0.291 e. The van der Waals surface area contributed by atoms with Crippen molar-refractivity contribution in [1.82, 2.24) is 0 Å². The minimum atomic E-state index is -0.241. The largest absolute Gasteiger partial charge is 0.456 e. The summed E-state index contributed by atoms with van der Waals surface area (Å²) in [6.07, 6.45) is 0.776. The van der Waals surface area contributed by atoms with Crippen molar-refractivity contribution in [2.24, 2.45) is 5.73 Å². The number of anilines is 1. The van der Waals surface area contributed by atoms with Crippen LogP contribution in [0.25, 0.3) is 0 Å². The molecule has 1 aromatic carbocycles. The molecule has 2 rings (SSSR count). The minimum Gasteiger partial charge on any atom is -0.456 e. The fourth-order valence-electron chi connectivity index (χ4n) is 1.61. The van der Waals surface area contributed by atoms with Crippen LogP contribution in [-0.4, -0.2) is 5.91 Å². The lowest BCUT2D eigenvalue weighted by Crippen LogP contribution is -2.10. The molecule has 0 radical (unpaired) electrons. The zero-order valence-corrected chi connectivity index (χ0v) is 10.3. The molecule has 0 aliphatic carbocycles. The van der Waals surface area contributed by atoms with E-state index >= 15 is 0 Å². The molecular formula is C14H16N2O2. The third-order valence-corrected chi connectivity index (χ3v) is 2.68. The number of hydrogen-bond acceptors (Lipinski definition) is 3. The standard InChI is InChI=1S/C14H16N2O2/c1-2-12-7-8-13(18-12)14(17)16-11-5-3-10(9-15)4-6-11/h3-8H,2,9,15H2,1H3,(H,16,17). The Kier molecular flexibility index (Phi) is 3.79. The van der Waals surface area contributed by atoms with Crippen molar-refractivity contribution in [2.75, 3.05) is 5.32 Å². The Morgan fingerprint density at radius 2 is 1.94 bits per heavy atom. The number of furan rings is 1. The number of amides is 1. The Morgan fingerprint density at radius 1 is 1.22 bits per heavy atom. The predicted molar refractivity (Wildman–Crippen MR) is 70.4 cm³/mol. The molecule has 18 heavy (non-hydrogen) atoms. The molecule has 0 unspecified atom stereocenters. The smallest absolute Gasteiger partial charge is 0.291 e. The number of aryl methyl sites for hydroxylation is 1. The van der Waals surface area contributed by atoms with Crippen molar-refractivity contribution < 1.29 is 9.21 Å². The molecule has 1 aromatic heterocycles. The summed E-state index contributed by atoms with van der Waals surface area (Å²) >= 11 is 0. The summed E-state index contributed by atoms with van der Waals surface area (Å²) in [5, 5.41) is 2.77. The van der Waals surface area contributed by atoms with Gasteiger partial charge in [-0.15, -0.1) is 0 Å². The highest BCUT2D eigenvalue weighted by Gasteiger charge is 2.10. The third kappa shape index (κ3) is 2.78. The SMILES string of the molecule is CCc1ccc(C(=O)Nc2ccc(CN)cc2)o1. The molecule has 0 aliphatic rings. The summed E-state index contributed by atoms with van der Waals surface area (Å²) in [6.45, 7) is 2.47. The quantitative estimate of drug-likeness (QED) is 0.868. The fraction of sp³-hybridized carbons (Fsp3) is 0.214. The van der Waals surface area contributed by atoms with E-state index in [9.17, 15) is 4.79 Å². The van der Waals surface area contributed by atoms with Crippen LogP contribution in [0, 0.1) is 0 Å². The second-order valence-electron chi connectivity index (χ2n) is 3.97. The van der Waals surface area contributed by atoms with E-state index in [0.29, 0.717) is 12.3 Å². The molecule has 4 heteroatoms. The number of carbonyl (C=O) groups excluding carboxylic acids is 1. The van der Waals surface area contributed by atoms with Crippen LogP contribution in [0.1, 0.15) is 28.8 Å². The highest BCUT2D eigenvalue weighted by Crippen LogP contribution is 2.13. The Bertz CT molecular complexity index is 529. The number of nitrogens with two attached hydrogens (primary N) is 1. The van der Waals surface area contributed by atoms with Crippen LogP contribution in [0.5, 0.6) is 0 Å². The molecule has 0 aliphatic heterocycles. The predicted octanol–water partition coefficient (Wildman–Crippen LogP) is 2.55. The van der Waals surface area contributed by atoms with Gasteiger partial charge < -0.3 is 15.5 Å². The molecule has 0 saturated heterocycles. The Labute approximate surface area is 106 Å². The van der Waals surface area contributed by atoms with E-state index in [1.807, 2.05) is 37.3 Å². The van der Waals surface area contributed by atoms with Crippen LogP contribution < -0.4 is 11.1 Å². The van der Waals surface area contributed by atoms with Gasteiger partial charge in [-0.1, -0.05) is 19.1 Å². The fourth-order valence-corrected chi connectivity index (χ4v) is 1.61. The van der Waals surface area contributed by atoms with Crippen LogP contribution in [0.2, 0.25) is 0 Å². The van der Waals surface area contributed by atoms with Crippen molar-refractivity contribution >= 4 is 11.6 Å². The molecule has 3 N–H and O–H groups in total. The van der Waals surface area contributed by atoms with Crippen molar-refractivity contribution in [3.8, 4) is 0 Å². The van der Waals surface area contributed by atoms with Crippen LogP contribution in [0.4, 0.5) is 5.69 Å². The lowest BCUT2D eigenvalue weighted by Gasteiger charge is -2.04. The monoisotopic (exact) mass is 244 g/mol. The first-order valence-electron chi connectivity index (χ1n) is 5.92. The van der Waals surface area contributed by atoms with Gasteiger partial charge >= 0.3 is 0 Å². The maximum atomic E-state index is 11.9. The van der Waals surface area contributed by atoms with Crippen molar-refractivity contribution in [2.45, 2.75) is 19.9 Å². The van der Waals surface area contributed by atoms with Crippen LogP contribution >= 0.6 is 0 Å². The van der Waals surface area contributed by atoms with Gasteiger partial charge in [0.15, 0.2) is 5.76 Å². The van der Waals surface area contributed by atoms with Gasteiger partial charge in [-0.05, 0) is 29.8 Å². The van der Waals surface area contributed by atoms with Crippen LogP contribution in [-0.2, 0) is 13.0 Å². The van der Waals surface area contributed by atoms with Crippen LogP contribution in [0.15, 0.2) is 40.8 Å². The highest BCUT2D eigenvalue weighted by molar-refractivity contribution is 6.02. The van der Waals surface area contributed by atoms with Gasteiger partial charge in [-0.25, -0.2) is 0 Å². The van der Waals surface area contributed by atoms with Crippen molar-refractivity contribution in [3.05, 3.63) is 53.5 Å². The summed E-state index contributed by atoms with van der Waals surface area (Å²) in [5.74, 6) is 0.892. The summed E-state index contributed by atoms with van der Waals surface area (Å²) in [5.41, 5.74) is 7.26. The Balaban J connectivity index is 2.06. The molecule has 1 amide bonds. The van der Waals surface area contributed by atoms with Gasteiger partial charge in [0.05, 0.1) is 0 Å². The normalized spacial score (nSPS) is 10.3. The molecule has 0 fully saturated rings. The number of hydrogen-bond donors (Lipinski definition) is 2. The van der Waals surface area contributed by atoms with Crippen molar-refractivity contribution in [1.29, 1.82) is 0 Å². The summed E-state index contributed by atoms with van der Waals surface area (Å²) in [4.78, 5) is 11.9. The zero-order chi connectivity index (χ0) is 13.0. The van der Waals surface area contributed by atoms with Crippen LogP contribution in [0.3, 0.4) is 0 Å². The van der Waals surface area contributed by atoms with Gasteiger partial charge in [0.2, 0.25) is 0 Å². The second-order valence-corrected chi connectivity index (χ2v) is 3.97. The first-order valence-corrected chi connectivity index (χ1v) is 5.92. The molecule has 1 heterocycles. The average Bonchev–Trinajstić information content (AvgIpc) is 2.88. The van der Waals surface area contributed by atoms with E-state index in [1.54, 1.807) is 6.07 Å². The van der Waals surface area contributed by atoms with E-state index in [2.05, 4.69) is 5.32 Å². The summed E-state index contributed by atoms with van der Waals surface area (Å²) in [6, 6.07) is 10.9. The van der Waals surface area contributed by atoms with E-state index in [4.69, 9.17) is 10.2 Å². The summed E-state index contributed by atoms with van der Waals surface area (Å²) in [7, 11) is 0. The first-order chi connectivity index (χ1) is 8.72. The summed E-state index contributed by atoms with van der Waals surface area (Å²) < 4.78 is 5.38. The molecule has 94 valence electrons. The molecule has 0 bridgehead atoms. The molecule has 0 saturated carbocycles. The number of nitrogens with one attached hydrogen (secondary N) is 1. The lowest BCUT2D eigenvalue weighted by molar-refractivity contribution is 0.0995. The highest BCUT2D eigenvalue weighted by atomic mass is 16.3. The molecular weight excluding hydrogens is 228 g/mol. The molecule has 4 nitrogen and oxygen atoms in total. The molecule has 0 spiro atoms. The van der Waals surface area contributed by atoms with Gasteiger partial charge in [-0.2, -0.15) is 0 Å². The zero-order valence-electron chi connectivity index (χ0n) is 10.3. The van der Waals surface area contributed by atoms with Gasteiger partial charge in [0, 0.05) is 18.7 Å². The minimum absolute atomic E-state index is 0.241. The molecule has 2 aromatic rings. The Hall–Kier alpha value is -2.07.